The second-order valence-corrected chi connectivity index (χ2v) is 11.8. The van der Waals surface area contributed by atoms with E-state index in [1.54, 1.807) is 84.9 Å². The number of hydrogen-bond donors (Lipinski definition) is 0. The maximum atomic E-state index is 16.4. The molecule has 1 heterocycles. The van der Waals surface area contributed by atoms with Crippen LogP contribution in [0.4, 0.5) is 4.39 Å². The van der Waals surface area contributed by atoms with Gasteiger partial charge in [-0.2, -0.15) is 0 Å². The van der Waals surface area contributed by atoms with E-state index in [1.165, 1.54) is 31.2 Å². The number of esters is 2. The first kappa shape index (κ1) is 32.2. The van der Waals surface area contributed by atoms with Crippen molar-refractivity contribution in [2.45, 2.75) is 50.9 Å². The fraction of sp³-hybridized carbons (Fsp3) is 0.235. The Morgan fingerprint density at radius 1 is 0.667 bits per heavy atom. The van der Waals surface area contributed by atoms with E-state index in [-0.39, 0.29) is 24.3 Å². The zero-order valence-corrected chi connectivity index (χ0v) is 25.2. The number of carbonyl (C=O) groups excluding carboxylic acids is 2. The Bertz CT molecular complexity index is 1530. The Hall–Kier alpha value is -4.18. The van der Waals surface area contributed by atoms with E-state index in [1.807, 2.05) is 12.1 Å². The molecule has 0 aliphatic carbocycles. The topological polar surface area (TPSA) is 107 Å². The van der Waals surface area contributed by atoms with E-state index < -0.39 is 50.5 Å². The van der Waals surface area contributed by atoms with Gasteiger partial charge in [0.15, 0.2) is 18.4 Å². The highest BCUT2D eigenvalue weighted by molar-refractivity contribution is 7.48. The first-order valence-electron chi connectivity index (χ1n) is 14.3. The molecule has 1 aliphatic heterocycles. The molecule has 45 heavy (non-hydrogen) atoms. The van der Waals surface area contributed by atoms with Crippen LogP contribution in [0.2, 0.25) is 0 Å². The fourth-order valence-electron chi connectivity index (χ4n) is 4.56. The molecule has 234 valence electrons. The molecule has 9 nitrogen and oxygen atoms in total. The summed E-state index contributed by atoms with van der Waals surface area (Å²) in [6, 6.07) is 33.8. The summed E-state index contributed by atoms with van der Waals surface area (Å²) in [7, 11) is -4.51. The van der Waals surface area contributed by atoms with Crippen molar-refractivity contribution >= 4 is 19.8 Å². The van der Waals surface area contributed by atoms with Gasteiger partial charge in [0.25, 0.3) is 0 Å². The number of phosphoric acid groups is 1. The van der Waals surface area contributed by atoms with Gasteiger partial charge in [-0.25, -0.2) is 18.5 Å². The van der Waals surface area contributed by atoms with Crippen LogP contribution in [-0.2, 0) is 45.6 Å². The molecule has 1 aliphatic rings. The molecule has 5 rings (SSSR count). The van der Waals surface area contributed by atoms with Gasteiger partial charge in [0.1, 0.15) is 0 Å². The number of hydrogen-bond acceptors (Lipinski definition) is 9. The van der Waals surface area contributed by atoms with Crippen molar-refractivity contribution in [3.63, 3.8) is 0 Å². The quantitative estimate of drug-likeness (QED) is 0.119. The molecule has 11 heteroatoms. The van der Waals surface area contributed by atoms with Crippen LogP contribution >= 0.6 is 7.82 Å². The van der Waals surface area contributed by atoms with Gasteiger partial charge in [-0.05, 0) is 42.3 Å². The Morgan fingerprint density at radius 3 is 1.51 bits per heavy atom. The minimum Gasteiger partial charge on any atom is -0.452 e. The number of rotatable bonds is 12. The maximum Gasteiger partial charge on any atom is 0.477 e. The van der Waals surface area contributed by atoms with Gasteiger partial charge >= 0.3 is 19.8 Å². The van der Waals surface area contributed by atoms with Gasteiger partial charge in [0.2, 0.25) is 6.29 Å². The van der Waals surface area contributed by atoms with Gasteiger partial charge in [-0.1, -0.05) is 97.1 Å². The molecule has 4 aromatic carbocycles. The Morgan fingerprint density at radius 2 is 1.07 bits per heavy atom. The third-order valence-electron chi connectivity index (χ3n) is 6.91. The summed E-state index contributed by atoms with van der Waals surface area (Å²) < 4.78 is 64.2. The van der Waals surface area contributed by atoms with Gasteiger partial charge in [0, 0.05) is 0 Å². The van der Waals surface area contributed by atoms with E-state index >= 15 is 4.39 Å². The molecule has 0 aromatic heterocycles. The number of halogens is 1. The molecule has 0 saturated carbocycles. The lowest BCUT2D eigenvalue weighted by Gasteiger charge is -2.41. The summed E-state index contributed by atoms with van der Waals surface area (Å²) >= 11 is 0. The SMILES string of the molecule is C[C@@H]1O[C@@H](OP(=O)(OCc2ccccc2)OCc2ccccc2)[C@@H](F)[C@H](OC(=O)c2ccccc2)[C@@H]1OC(=O)c1ccccc1. The van der Waals surface area contributed by atoms with Crippen LogP contribution in [0.5, 0.6) is 0 Å². The largest absolute Gasteiger partial charge is 0.477 e. The summed E-state index contributed by atoms with van der Waals surface area (Å²) in [4.78, 5) is 26.0. The highest BCUT2D eigenvalue weighted by Crippen LogP contribution is 2.53. The van der Waals surface area contributed by atoms with Crippen molar-refractivity contribution < 1.29 is 46.3 Å². The second-order valence-electron chi connectivity index (χ2n) is 10.2. The molecule has 1 fully saturated rings. The fourth-order valence-corrected chi connectivity index (χ4v) is 5.79. The molecule has 0 spiro atoms. The normalized spacial score (nSPS) is 21.5. The molecule has 4 aromatic rings. The average molecular weight is 635 g/mol. The number of alkyl halides is 1. The number of carbonyl (C=O) groups is 2. The predicted octanol–water partition coefficient (Wildman–Crippen LogP) is 7.08. The van der Waals surface area contributed by atoms with E-state index in [4.69, 9.17) is 27.8 Å². The summed E-state index contributed by atoms with van der Waals surface area (Å²) in [5.41, 5.74) is 1.70. The molecule has 0 N–H and O–H groups in total. The van der Waals surface area contributed by atoms with Crippen LogP contribution < -0.4 is 0 Å². The standard InChI is InChI=1S/C34H32FO9P/c1-24-30(42-32(36)27-18-10-4-11-19-27)31(43-33(37)28-20-12-5-13-21-28)29(35)34(41-24)44-45(38,39-22-25-14-6-2-7-15-25)40-23-26-16-8-3-9-17-26/h2-21,24,29-31,34H,22-23H2,1H3/t24-,29-,30+,31-,34-/m0/s1. The van der Waals surface area contributed by atoms with Crippen LogP contribution in [0.1, 0.15) is 38.8 Å². The van der Waals surface area contributed by atoms with Crippen LogP contribution in [-0.4, -0.2) is 42.7 Å². The lowest BCUT2D eigenvalue weighted by Crippen LogP contribution is -2.58. The molecule has 0 unspecified atom stereocenters. The van der Waals surface area contributed by atoms with E-state index in [9.17, 15) is 14.2 Å². The van der Waals surface area contributed by atoms with Crippen LogP contribution in [0.15, 0.2) is 121 Å². The summed E-state index contributed by atoms with van der Waals surface area (Å²) in [6.45, 7) is 1.15. The van der Waals surface area contributed by atoms with Crippen molar-refractivity contribution in [2.24, 2.45) is 0 Å². The number of benzene rings is 4. The van der Waals surface area contributed by atoms with Crippen LogP contribution in [0.25, 0.3) is 0 Å². The Kier molecular flexibility index (Phi) is 10.9. The third kappa shape index (κ3) is 8.72. The maximum absolute atomic E-state index is 16.4. The molecule has 5 atom stereocenters. The Labute approximate surface area is 260 Å². The first-order valence-corrected chi connectivity index (χ1v) is 15.7. The minimum atomic E-state index is -4.51. The van der Waals surface area contributed by atoms with Crippen molar-refractivity contribution in [3.8, 4) is 0 Å². The molecule has 0 radical (unpaired) electrons. The summed E-state index contributed by atoms with van der Waals surface area (Å²) in [5, 5.41) is 0. The lowest BCUT2D eigenvalue weighted by molar-refractivity contribution is -0.255. The van der Waals surface area contributed by atoms with Gasteiger partial charge in [0.05, 0.1) is 30.4 Å². The van der Waals surface area contributed by atoms with Gasteiger partial charge in [-0.3, -0.25) is 13.6 Å². The molecule has 0 bridgehead atoms. The monoisotopic (exact) mass is 634 g/mol. The number of phosphoric ester groups is 1. The molecular weight excluding hydrogens is 602 g/mol. The molecule has 0 amide bonds. The first-order chi connectivity index (χ1) is 21.8. The average Bonchev–Trinajstić information content (AvgIpc) is 3.08. The highest BCUT2D eigenvalue weighted by Gasteiger charge is 2.52. The molecule has 1 saturated heterocycles. The van der Waals surface area contributed by atoms with Gasteiger partial charge in [-0.15, -0.1) is 0 Å². The van der Waals surface area contributed by atoms with Crippen molar-refractivity contribution in [1.29, 1.82) is 0 Å². The number of ether oxygens (including phenoxy) is 3. The smallest absolute Gasteiger partial charge is 0.452 e. The van der Waals surface area contributed by atoms with Crippen molar-refractivity contribution in [1.82, 2.24) is 0 Å². The van der Waals surface area contributed by atoms with E-state index in [2.05, 4.69) is 0 Å². The Balaban J connectivity index is 1.39. The van der Waals surface area contributed by atoms with Crippen LogP contribution in [0, 0.1) is 0 Å². The summed E-state index contributed by atoms with van der Waals surface area (Å²) in [6.07, 6.45) is -8.29. The second kappa shape index (κ2) is 15.2. The lowest BCUT2D eigenvalue weighted by atomic mass is 10.00. The van der Waals surface area contributed by atoms with Gasteiger partial charge < -0.3 is 14.2 Å². The van der Waals surface area contributed by atoms with Crippen molar-refractivity contribution in [3.05, 3.63) is 144 Å². The highest BCUT2D eigenvalue weighted by atomic mass is 31.2. The van der Waals surface area contributed by atoms with E-state index in [0.717, 1.165) is 0 Å². The van der Waals surface area contributed by atoms with Crippen LogP contribution in [0.3, 0.4) is 0 Å². The zero-order chi connectivity index (χ0) is 31.6. The third-order valence-corrected chi connectivity index (χ3v) is 8.27. The summed E-state index contributed by atoms with van der Waals surface area (Å²) in [5.74, 6) is -1.63. The van der Waals surface area contributed by atoms with E-state index in [0.29, 0.717) is 11.1 Å². The van der Waals surface area contributed by atoms with Crippen molar-refractivity contribution in [2.75, 3.05) is 0 Å². The molecular formula is C34H32FO9P. The zero-order valence-electron chi connectivity index (χ0n) is 24.3. The predicted molar refractivity (Wildman–Crippen MR) is 162 cm³/mol. The minimum absolute atomic E-state index is 0.150.